The van der Waals surface area contributed by atoms with E-state index in [1.807, 2.05) is 12.1 Å². The van der Waals surface area contributed by atoms with Gasteiger partial charge in [-0.3, -0.25) is 19.4 Å². The summed E-state index contributed by atoms with van der Waals surface area (Å²) in [7, 11) is 0. The molecule has 1 aliphatic rings. The van der Waals surface area contributed by atoms with E-state index >= 15 is 0 Å². The highest BCUT2D eigenvalue weighted by Gasteiger charge is 2.34. The molecule has 2 heterocycles. The Hall–Kier alpha value is -3.29. The van der Waals surface area contributed by atoms with Gasteiger partial charge in [-0.2, -0.15) is 0 Å². The van der Waals surface area contributed by atoms with Gasteiger partial charge in [0.25, 0.3) is 0 Å². The second-order valence-electron chi connectivity index (χ2n) is 6.56. The SMILES string of the molecule is O=C(CCNC(=O)[C@@H]1CC(=O)N(c2ccc(F)cc2)C1)NCc1ccncc1. The van der Waals surface area contributed by atoms with Crippen LogP contribution < -0.4 is 15.5 Å². The average molecular weight is 384 g/mol. The lowest BCUT2D eigenvalue weighted by atomic mass is 10.1. The van der Waals surface area contributed by atoms with Crippen LogP contribution in [0.3, 0.4) is 0 Å². The number of hydrogen-bond acceptors (Lipinski definition) is 4. The summed E-state index contributed by atoms with van der Waals surface area (Å²) in [6.45, 7) is 0.839. The van der Waals surface area contributed by atoms with Crippen LogP contribution in [0.5, 0.6) is 0 Å². The summed E-state index contributed by atoms with van der Waals surface area (Å²) in [5.74, 6) is -1.49. The molecule has 1 aromatic carbocycles. The number of benzene rings is 1. The number of carbonyl (C=O) groups is 3. The van der Waals surface area contributed by atoms with Gasteiger partial charge in [-0.15, -0.1) is 0 Å². The maximum Gasteiger partial charge on any atom is 0.227 e. The predicted octanol–water partition coefficient (Wildman–Crippen LogP) is 1.40. The van der Waals surface area contributed by atoms with Crippen molar-refractivity contribution in [3.63, 3.8) is 0 Å². The largest absolute Gasteiger partial charge is 0.355 e. The van der Waals surface area contributed by atoms with Gasteiger partial charge in [-0.05, 0) is 42.0 Å². The Labute approximate surface area is 161 Å². The Bertz CT molecular complexity index is 842. The van der Waals surface area contributed by atoms with Crippen LogP contribution in [0, 0.1) is 11.7 Å². The number of carbonyl (C=O) groups excluding carboxylic acids is 3. The lowest BCUT2D eigenvalue weighted by Crippen LogP contribution is -2.35. The number of nitrogens with zero attached hydrogens (tertiary/aromatic N) is 2. The van der Waals surface area contributed by atoms with Crippen LogP contribution >= 0.6 is 0 Å². The van der Waals surface area contributed by atoms with Crippen LogP contribution in [0.2, 0.25) is 0 Å². The summed E-state index contributed by atoms with van der Waals surface area (Å²) in [5.41, 5.74) is 1.51. The van der Waals surface area contributed by atoms with Gasteiger partial charge < -0.3 is 15.5 Å². The number of halogens is 1. The summed E-state index contributed by atoms with van der Waals surface area (Å²) >= 11 is 0. The zero-order valence-corrected chi connectivity index (χ0v) is 15.2. The molecule has 28 heavy (non-hydrogen) atoms. The van der Waals surface area contributed by atoms with Crippen LogP contribution in [0.1, 0.15) is 18.4 Å². The standard InChI is InChI=1S/C20H21FN4O3/c21-16-1-3-17(4-2-16)25-13-15(11-19(25)27)20(28)23-10-7-18(26)24-12-14-5-8-22-9-6-14/h1-6,8-9,15H,7,10-13H2,(H,23,28)(H,24,26)/t15-/m1/s1. The van der Waals surface area contributed by atoms with Gasteiger partial charge in [-0.1, -0.05) is 0 Å². The van der Waals surface area contributed by atoms with Crippen molar-refractivity contribution in [1.82, 2.24) is 15.6 Å². The zero-order valence-electron chi connectivity index (χ0n) is 15.2. The molecule has 1 fully saturated rings. The maximum atomic E-state index is 13.0. The minimum atomic E-state index is -0.488. The fourth-order valence-corrected chi connectivity index (χ4v) is 2.99. The minimum absolute atomic E-state index is 0.0947. The third kappa shape index (κ3) is 5.12. The van der Waals surface area contributed by atoms with Gasteiger partial charge in [0, 0.05) is 50.6 Å². The molecule has 8 heteroatoms. The van der Waals surface area contributed by atoms with E-state index in [4.69, 9.17) is 0 Å². The molecule has 0 aliphatic carbocycles. The lowest BCUT2D eigenvalue weighted by molar-refractivity contribution is -0.126. The molecular formula is C20H21FN4O3. The van der Waals surface area contributed by atoms with E-state index in [0.29, 0.717) is 12.2 Å². The molecule has 0 saturated carbocycles. The molecule has 2 N–H and O–H groups in total. The van der Waals surface area contributed by atoms with Crippen molar-refractivity contribution in [2.45, 2.75) is 19.4 Å². The first-order valence-electron chi connectivity index (χ1n) is 9.02. The van der Waals surface area contributed by atoms with Crippen molar-refractivity contribution in [2.24, 2.45) is 5.92 Å². The Morgan fingerprint density at radius 2 is 1.82 bits per heavy atom. The summed E-state index contributed by atoms with van der Waals surface area (Å²) in [6, 6.07) is 9.21. The van der Waals surface area contributed by atoms with E-state index in [1.54, 1.807) is 12.4 Å². The summed E-state index contributed by atoms with van der Waals surface area (Å²) in [5, 5.41) is 5.48. The molecule has 1 atom stereocenters. The molecule has 3 rings (SSSR count). The molecular weight excluding hydrogens is 363 g/mol. The summed E-state index contributed by atoms with van der Waals surface area (Å²) in [6.07, 6.45) is 3.55. The summed E-state index contributed by atoms with van der Waals surface area (Å²) < 4.78 is 13.0. The molecule has 146 valence electrons. The van der Waals surface area contributed by atoms with Gasteiger partial charge in [-0.25, -0.2) is 4.39 Å². The van der Waals surface area contributed by atoms with E-state index in [2.05, 4.69) is 15.6 Å². The molecule has 7 nitrogen and oxygen atoms in total. The number of nitrogens with one attached hydrogen (secondary N) is 2. The normalized spacial score (nSPS) is 16.1. The van der Waals surface area contributed by atoms with Crippen molar-refractivity contribution in [2.75, 3.05) is 18.0 Å². The number of rotatable bonds is 7. The number of aromatic nitrogens is 1. The third-order valence-corrected chi connectivity index (χ3v) is 4.52. The first-order chi connectivity index (χ1) is 13.5. The molecule has 0 bridgehead atoms. The van der Waals surface area contributed by atoms with Crippen molar-refractivity contribution < 1.29 is 18.8 Å². The number of pyridine rings is 1. The Kier molecular flexibility index (Phi) is 6.31. The van der Waals surface area contributed by atoms with E-state index < -0.39 is 5.92 Å². The molecule has 1 saturated heterocycles. The van der Waals surface area contributed by atoms with Gasteiger partial charge in [0.15, 0.2) is 0 Å². The fraction of sp³-hybridized carbons (Fsp3) is 0.300. The van der Waals surface area contributed by atoms with E-state index in [9.17, 15) is 18.8 Å². The second kappa shape index (κ2) is 9.07. The van der Waals surface area contributed by atoms with Crippen LogP contribution in [-0.2, 0) is 20.9 Å². The average Bonchev–Trinajstić information content (AvgIpc) is 3.09. The highest BCUT2D eigenvalue weighted by Crippen LogP contribution is 2.25. The van der Waals surface area contributed by atoms with Gasteiger partial charge in [0.05, 0.1) is 5.92 Å². The lowest BCUT2D eigenvalue weighted by Gasteiger charge is -2.16. The van der Waals surface area contributed by atoms with Crippen LogP contribution in [0.15, 0.2) is 48.8 Å². The Balaban J connectivity index is 1.41. The molecule has 1 aliphatic heterocycles. The first-order valence-corrected chi connectivity index (χ1v) is 9.02. The molecule has 0 radical (unpaired) electrons. The van der Waals surface area contributed by atoms with Crippen molar-refractivity contribution in [3.8, 4) is 0 Å². The fourth-order valence-electron chi connectivity index (χ4n) is 2.99. The van der Waals surface area contributed by atoms with Gasteiger partial charge >= 0.3 is 0 Å². The van der Waals surface area contributed by atoms with Crippen molar-refractivity contribution >= 4 is 23.4 Å². The Morgan fingerprint density at radius 1 is 1.11 bits per heavy atom. The van der Waals surface area contributed by atoms with E-state index in [-0.39, 0.29) is 49.5 Å². The van der Waals surface area contributed by atoms with Crippen molar-refractivity contribution in [3.05, 3.63) is 60.2 Å². The topological polar surface area (TPSA) is 91.4 Å². The van der Waals surface area contributed by atoms with Gasteiger partial charge in [0.2, 0.25) is 17.7 Å². The first kappa shape index (κ1) is 19.5. The molecule has 0 unspecified atom stereocenters. The summed E-state index contributed by atoms with van der Waals surface area (Å²) in [4.78, 5) is 41.7. The maximum absolute atomic E-state index is 13.0. The third-order valence-electron chi connectivity index (χ3n) is 4.52. The minimum Gasteiger partial charge on any atom is -0.355 e. The quantitative estimate of drug-likeness (QED) is 0.755. The predicted molar refractivity (Wildman–Crippen MR) is 101 cm³/mol. The van der Waals surface area contributed by atoms with Crippen molar-refractivity contribution in [1.29, 1.82) is 0 Å². The monoisotopic (exact) mass is 384 g/mol. The zero-order chi connectivity index (χ0) is 19.9. The van der Waals surface area contributed by atoms with Crippen LogP contribution in [0.4, 0.5) is 10.1 Å². The number of amides is 3. The number of anilines is 1. The van der Waals surface area contributed by atoms with E-state index in [0.717, 1.165) is 5.56 Å². The Morgan fingerprint density at radius 3 is 2.54 bits per heavy atom. The van der Waals surface area contributed by atoms with Crippen LogP contribution in [-0.4, -0.2) is 35.8 Å². The van der Waals surface area contributed by atoms with Gasteiger partial charge in [0.1, 0.15) is 5.82 Å². The van der Waals surface area contributed by atoms with Crippen LogP contribution in [0.25, 0.3) is 0 Å². The molecule has 2 aromatic rings. The van der Waals surface area contributed by atoms with E-state index in [1.165, 1.54) is 29.2 Å². The second-order valence-corrected chi connectivity index (χ2v) is 6.56. The highest BCUT2D eigenvalue weighted by molar-refractivity contribution is 6.00. The highest BCUT2D eigenvalue weighted by atomic mass is 19.1. The molecule has 0 spiro atoms. The smallest absolute Gasteiger partial charge is 0.227 e. The molecule has 1 aromatic heterocycles. The number of hydrogen-bond donors (Lipinski definition) is 2. The molecule has 3 amide bonds.